The summed E-state index contributed by atoms with van der Waals surface area (Å²) in [5, 5.41) is 102. The third-order valence-corrected chi connectivity index (χ3v) is 4.02. The summed E-state index contributed by atoms with van der Waals surface area (Å²) in [7, 11) is -10.5. The van der Waals surface area contributed by atoms with Crippen molar-refractivity contribution in [1.82, 2.24) is 0 Å². The average Bonchev–Trinajstić information content (AvgIpc) is 2.93. The molecule has 28 heteroatoms. The molecule has 272 valence electrons. The largest absolute Gasteiger partial charge is 0.396 e. The zero-order valence-corrected chi connectivity index (χ0v) is 26.1. The summed E-state index contributed by atoms with van der Waals surface area (Å²) >= 11 is 0. The molecule has 0 aliphatic carbocycles. The molecule has 0 unspecified atom stereocenters. The van der Waals surface area contributed by atoms with Crippen LogP contribution in [0.1, 0.15) is 0 Å². The van der Waals surface area contributed by atoms with Gasteiger partial charge in [-0.25, -0.2) is 0 Å². The molecule has 0 amide bonds. The summed E-state index contributed by atoms with van der Waals surface area (Å²) < 4.78 is 0. The van der Waals surface area contributed by atoms with Gasteiger partial charge in [-0.05, 0) is 0 Å². The minimum atomic E-state index is -2.62. The predicted molar refractivity (Wildman–Crippen MR) is 147 cm³/mol. The summed E-state index contributed by atoms with van der Waals surface area (Å²) in [6.07, 6.45) is 0. The number of aliphatic hydroxyl groups excluding tert-OH is 12. The lowest BCUT2D eigenvalue weighted by atomic mass is 9.93. The maximum atomic E-state index is 8.50. The van der Waals surface area contributed by atoms with Gasteiger partial charge >= 0.3 is 34.4 Å². The Labute approximate surface area is 250 Å². The zero-order chi connectivity index (χ0) is 36.3. The molecular weight excluding hydrogens is 688 g/mol. The summed E-state index contributed by atoms with van der Waals surface area (Å²) in [6.45, 7) is -4.88. The SMILES string of the molecule is OCC(CO)(CO)CO.OCC(CO)(CO)CO.OCC(CO)(CO)CO.OP(O)O.OP(O)O.OP(O)O.OP(O)O. The van der Waals surface area contributed by atoms with Gasteiger partial charge in [-0.1, -0.05) is 0 Å². The molecule has 0 heterocycles. The first-order valence-corrected chi connectivity index (χ1v) is 15.2. The van der Waals surface area contributed by atoms with Crippen LogP contribution in [0.15, 0.2) is 0 Å². The highest BCUT2D eigenvalue weighted by atomic mass is 31.2. The first kappa shape index (κ1) is 59.2. The van der Waals surface area contributed by atoms with Crippen LogP contribution >= 0.6 is 34.4 Å². The van der Waals surface area contributed by atoms with Crippen LogP contribution in [0.25, 0.3) is 0 Å². The molecule has 0 bridgehead atoms. The smallest absolute Gasteiger partial charge is 0.324 e. The molecule has 0 radical (unpaired) electrons. The molecule has 43 heavy (non-hydrogen) atoms. The molecule has 24 nitrogen and oxygen atoms in total. The molecule has 0 rings (SSSR count). The van der Waals surface area contributed by atoms with Crippen molar-refractivity contribution in [3.05, 3.63) is 0 Å². The average molecular weight is 736 g/mol. The van der Waals surface area contributed by atoms with Crippen LogP contribution in [0.2, 0.25) is 0 Å². The van der Waals surface area contributed by atoms with Crippen LogP contribution in [0, 0.1) is 16.2 Å². The van der Waals surface area contributed by atoms with Crippen molar-refractivity contribution in [3.8, 4) is 0 Å². The molecule has 24 N–H and O–H groups in total. The van der Waals surface area contributed by atoms with Crippen molar-refractivity contribution in [2.75, 3.05) is 79.3 Å². The van der Waals surface area contributed by atoms with Gasteiger partial charge in [-0.15, -0.1) is 0 Å². The van der Waals surface area contributed by atoms with Crippen LogP contribution in [0.5, 0.6) is 0 Å². The Morgan fingerprint density at radius 2 is 0.256 bits per heavy atom. The van der Waals surface area contributed by atoms with Crippen molar-refractivity contribution >= 4 is 34.4 Å². The van der Waals surface area contributed by atoms with Crippen LogP contribution in [-0.4, -0.2) is 199 Å². The second kappa shape index (κ2) is 40.8. The molecule has 0 spiro atoms. The van der Waals surface area contributed by atoms with E-state index >= 15 is 0 Å². The maximum Gasteiger partial charge on any atom is 0.324 e. The molecule has 0 aromatic rings. The van der Waals surface area contributed by atoms with E-state index in [0.29, 0.717) is 0 Å². The lowest BCUT2D eigenvalue weighted by molar-refractivity contribution is -0.0332. The fourth-order valence-corrected chi connectivity index (χ4v) is 0.900. The molecule has 0 aromatic carbocycles. The van der Waals surface area contributed by atoms with Gasteiger partial charge in [0.25, 0.3) is 0 Å². The minimum absolute atomic E-state index is 0.406. The van der Waals surface area contributed by atoms with E-state index in [-0.39, 0.29) is 0 Å². The van der Waals surface area contributed by atoms with E-state index in [1.807, 2.05) is 0 Å². The van der Waals surface area contributed by atoms with Crippen LogP contribution in [0.3, 0.4) is 0 Å². The molecule has 0 aliphatic rings. The Kier molecular flexibility index (Phi) is 56.2. The lowest BCUT2D eigenvalue weighted by Crippen LogP contribution is -2.37. The second-order valence-corrected chi connectivity index (χ2v) is 9.62. The third-order valence-electron chi connectivity index (χ3n) is 4.02. The Hall–Kier alpha value is 0.760. The summed E-state index contributed by atoms with van der Waals surface area (Å²) in [6, 6.07) is 0. The van der Waals surface area contributed by atoms with Crippen LogP contribution < -0.4 is 0 Å². The van der Waals surface area contributed by atoms with Crippen molar-refractivity contribution in [2.24, 2.45) is 16.2 Å². The Morgan fingerprint density at radius 3 is 0.256 bits per heavy atom. The van der Waals surface area contributed by atoms with Crippen molar-refractivity contribution in [1.29, 1.82) is 0 Å². The van der Waals surface area contributed by atoms with Crippen LogP contribution in [-0.2, 0) is 0 Å². The topological polar surface area (TPSA) is 486 Å². The van der Waals surface area contributed by atoms with E-state index in [4.69, 9.17) is 120 Å². The normalized spacial score (nSPS) is 10.9. The van der Waals surface area contributed by atoms with E-state index in [1.54, 1.807) is 0 Å². The second-order valence-electron chi connectivity index (χ2n) is 7.47. The highest BCUT2D eigenvalue weighted by Crippen LogP contribution is 2.14. The molecular formula is C15H48O24P4. The van der Waals surface area contributed by atoms with E-state index in [0.717, 1.165) is 0 Å². The van der Waals surface area contributed by atoms with Gasteiger partial charge in [0.15, 0.2) is 0 Å². The van der Waals surface area contributed by atoms with Crippen molar-refractivity contribution < 1.29 is 120 Å². The molecule has 0 saturated heterocycles. The van der Waals surface area contributed by atoms with Gasteiger partial charge in [0, 0.05) is 0 Å². The fourth-order valence-electron chi connectivity index (χ4n) is 0.900. The Morgan fingerprint density at radius 1 is 0.209 bits per heavy atom. The van der Waals surface area contributed by atoms with E-state index in [9.17, 15) is 0 Å². The highest BCUT2D eigenvalue weighted by molar-refractivity contribution is 7.38. The van der Waals surface area contributed by atoms with Gasteiger partial charge in [-0.3, -0.25) is 0 Å². The summed E-state index contributed by atoms with van der Waals surface area (Å²) in [4.78, 5) is 86.8. The number of hydrogen-bond acceptors (Lipinski definition) is 24. The lowest BCUT2D eigenvalue weighted by Gasteiger charge is -2.23. The van der Waals surface area contributed by atoms with Gasteiger partial charge in [0.1, 0.15) is 0 Å². The van der Waals surface area contributed by atoms with Gasteiger partial charge < -0.3 is 120 Å². The number of hydrogen-bond donors (Lipinski definition) is 24. The van der Waals surface area contributed by atoms with Gasteiger partial charge in [0.2, 0.25) is 0 Å². The number of rotatable bonds is 12. The zero-order valence-electron chi connectivity index (χ0n) is 22.5. The molecule has 0 atom stereocenters. The van der Waals surface area contributed by atoms with Crippen molar-refractivity contribution in [2.45, 2.75) is 0 Å². The molecule has 0 saturated carbocycles. The summed E-state index contributed by atoms with van der Waals surface area (Å²) in [5.74, 6) is 0. The van der Waals surface area contributed by atoms with E-state index in [2.05, 4.69) is 0 Å². The van der Waals surface area contributed by atoms with E-state index < -0.39 is 130 Å². The van der Waals surface area contributed by atoms with Gasteiger partial charge in [0.05, 0.1) is 95.5 Å². The molecule has 0 fully saturated rings. The van der Waals surface area contributed by atoms with E-state index in [1.165, 1.54) is 0 Å². The standard InChI is InChI=1S/3C5H12O4.4H3O3P/c3*6-1-5(2-7,3-8)4-9;4*1-4(2)3/h3*6-9H,1-4H2;4*1-3H. The monoisotopic (exact) mass is 736 g/mol. The Bertz CT molecular complexity index is 349. The third kappa shape index (κ3) is 52.6. The molecule has 0 aliphatic heterocycles. The fraction of sp³-hybridized carbons (Fsp3) is 1.00. The van der Waals surface area contributed by atoms with Crippen molar-refractivity contribution in [3.63, 3.8) is 0 Å². The summed E-state index contributed by atoms with van der Waals surface area (Å²) in [5.41, 5.74) is -3.33. The minimum Gasteiger partial charge on any atom is -0.396 e. The first-order valence-electron chi connectivity index (χ1n) is 10.4. The quantitative estimate of drug-likeness (QED) is 0.0827. The van der Waals surface area contributed by atoms with Gasteiger partial charge in [-0.2, -0.15) is 0 Å². The number of aliphatic hydroxyl groups is 12. The molecule has 0 aromatic heterocycles. The maximum absolute atomic E-state index is 8.50. The highest BCUT2D eigenvalue weighted by Gasteiger charge is 2.27. The van der Waals surface area contributed by atoms with Crippen LogP contribution in [0.4, 0.5) is 0 Å². The Balaban J connectivity index is -0.0000000730. The first-order chi connectivity index (χ1) is 19.7. The predicted octanol–water partition coefficient (Wildman–Crippen LogP) is -9.41.